The van der Waals surface area contributed by atoms with Crippen LogP contribution in [0.2, 0.25) is 0 Å². The van der Waals surface area contributed by atoms with Gasteiger partial charge in [-0.3, -0.25) is 9.59 Å². The van der Waals surface area contributed by atoms with Gasteiger partial charge in [0.05, 0.1) is 10.8 Å². The molecule has 2 amide bonds. The van der Waals surface area contributed by atoms with Crippen LogP contribution in [-0.2, 0) is 26.0 Å². The summed E-state index contributed by atoms with van der Waals surface area (Å²) in [7, 11) is -3.70. The second-order valence-corrected chi connectivity index (χ2v) is 12.8. The van der Waals surface area contributed by atoms with Crippen molar-refractivity contribution in [2.75, 3.05) is 18.0 Å². The zero-order chi connectivity index (χ0) is 24.0. The zero-order valence-electron chi connectivity index (χ0n) is 20.3. The van der Waals surface area contributed by atoms with E-state index in [1.165, 1.54) is 10.7 Å². The van der Waals surface area contributed by atoms with Crippen molar-refractivity contribution >= 4 is 27.5 Å². The average molecular weight is 488 g/mol. The summed E-state index contributed by atoms with van der Waals surface area (Å²) in [4.78, 5) is 27.9. The van der Waals surface area contributed by atoms with Gasteiger partial charge in [0.1, 0.15) is 0 Å². The molecule has 7 nitrogen and oxygen atoms in total. The molecule has 5 rings (SSSR count). The summed E-state index contributed by atoms with van der Waals surface area (Å²) in [5, 5.41) is 3.22. The highest BCUT2D eigenvalue weighted by Gasteiger charge is 2.40. The van der Waals surface area contributed by atoms with Gasteiger partial charge in [0.15, 0.2) is 0 Å². The lowest BCUT2D eigenvalue weighted by Crippen LogP contribution is -2.49. The van der Waals surface area contributed by atoms with Gasteiger partial charge < -0.3 is 10.2 Å². The lowest BCUT2D eigenvalue weighted by atomic mass is 9.85. The topological polar surface area (TPSA) is 86.8 Å². The Labute approximate surface area is 203 Å². The number of carbonyl (C=O) groups excluding carboxylic acids is 2. The Morgan fingerprint density at radius 1 is 0.971 bits per heavy atom. The molecule has 4 aliphatic rings. The molecule has 2 aliphatic carbocycles. The van der Waals surface area contributed by atoms with Gasteiger partial charge >= 0.3 is 0 Å². The SMILES string of the molecule is CC1CCCCC1NC(=O)C1CCCN(S(=O)(=O)c2ccc3c(c2)CC(C)N3C(=O)C2CC2)C1. The number of fused-ring (bicyclic) bond motifs is 1. The summed E-state index contributed by atoms with van der Waals surface area (Å²) in [5.74, 6) is 0.458. The predicted octanol–water partition coefficient (Wildman–Crippen LogP) is 3.47. The molecule has 0 spiro atoms. The first-order chi connectivity index (χ1) is 16.3. The molecule has 3 fully saturated rings. The Hall–Kier alpha value is -1.93. The average Bonchev–Trinajstić information content (AvgIpc) is 3.62. The maximum absolute atomic E-state index is 13.5. The van der Waals surface area contributed by atoms with Gasteiger partial charge in [0.2, 0.25) is 21.8 Å². The molecule has 2 aliphatic heterocycles. The van der Waals surface area contributed by atoms with Crippen LogP contribution in [0.15, 0.2) is 23.1 Å². The maximum atomic E-state index is 13.5. The first-order valence-corrected chi connectivity index (χ1v) is 14.5. The third-order valence-electron chi connectivity index (χ3n) is 8.26. The van der Waals surface area contributed by atoms with Crippen molar-refractivity contribution < 1.29 is 18.0 Å². The maximum Gasteiger partial charge on any atom is 0.243 e. The quantitative estimate of drug-likeness (QED) is 0.689. The minimum atomic E-state index is -3.70. The van der Waals surface area contributed by atoms with Crippen LogP contribution < -0.4 is 10.2 Å². The fourth-order valence-electron chi connectivity index (χ4n) is 5.99. The third-order valence-corrected chi connectivity index (χ3v) is 10.1. The summed E-state index contributed by atoms with van der Waals surface area (Å²) in [5.41, 5.74) is 1.76. The lowest BCUT2D eigenvalue weighted by molar-refractivity contribution is -0.127. The number of hydrogen-bond donors (Lipinski definition) is 1. The molecule has 0 aromatic heterocycles. The van der Waals surface area contributed by atoms with Crippen molar-refractivity contribution in [2.24, 2.45) is 17.8 Å². The molecule has 4 unspecified atom stereocenters. The van der Waals surface area contributed by atoms with Gasteiger partial charge in [-0.25, -0.2) is 8.42 Å². The number of sulfonamides is 1. The summed E-state index contributed by atoms with van der Waals surface area (Å²) in [6.07, 6.45) is 8.48. The number of anilines is 1. The number of benzene rings is 1. The van der Waals surface area contributed by atoms with E-state index in [0.29, 0.717) is 25.3 Å². The Kier molecular flexibility index (Phi) is 6.48. The molecule has 0 bridgehead atoms. The van der Waals surface area contributed by atoms with Gasteiger partial charge in [0, 0.05) is 36.8 Å². The van der Waals surface area contributed by atoms with E-state index < -0.39 is 10.0 Å². The molecule has 4 atom stereocenters. The van der Waals surface area contributed by atoms with Crippen molar-refractivity contribution in [3.8, 4) is 0 Å². The molecule has 1 saturated heterocycles. The van der Waals surface area contributed by atoms with Crippen LogP contribution in [-0.4, -0.2) is 49.7 Å². The Bertz CT molecular complexity index is 1070. The minimum absolute atomic E-state index is 0.00402. The first kappa shape index (κ1) is 23.8. The van der Waals surface area contributed by atoms with Gasteiger partial charge in [-0.2, -0.15) is 4.31 Å². The highest BCUT2D eigenvalue weighted by Crippen LogP contribution is 2.40. The van der Waals surface area contributed by atoms with Crippen molar-refractivity contribution in [3.05, 3.63) is 23.8 Å². The Morgan fingerprint density at radius 3 is 2.47 bits per heavy atom. The van der Waals surface area contributed by atoms with Crippen molar-refractivity contribution in [1.82, 2.24) is 9.62 Å². The molecular formula is C26H37N3O4S. The molecule has 186 valence electrons. The van der Waals surface area contributed by atoms with Crippen LogP contribution in [0, 0.1) is 17.8 Å². The molecule has 1 aromatic carbocycles. The molecule has 1 aromatic rings. The van der Waals surface area contributed by atoms with Crippen molar-refractivity contribution in [2.45, 2.75) is 88.6 Å². The van der Waals surface area contributed by atoms with E-state index in [-0.39, 0.29) is 47.2 Å². The number of rotatable bonds is 5. The van der Waals surface area contributed by atoms with Crippen LogP contribution in [0.1, 0.15) is 70.8 Å². The van der Waals surface area contributed by atoms with E-state index in [1.54, 1.807) is 18.2 Å². The molecular weight excluding hydrogens is 450 g/mol. The van der Waals surface area contributed by atoms with Crippen LogP contribution in [0.25, 0.3) is 0 Å². The van der Waals surface area contributed by atoms with Crippen molar-refractivity contribution in [3.63, 3.8) is 0 Å². The number of hydrogen-bond acceptors (Lipinski definition) is 4. The van der Waals surface area contributed by atoms with E-state index in [1.807, 2.05) is 11.8 Å². The highest BCUT2D eigenvalue weighted by molar-refractivity contribution is 7.89. The van der Waals surface area contributed by atoms with Crippen LogP contribution in [0.4, 0.5) is 5.69 Å². The summed E-state index contributed by atoms with van der Waals surface area (Å²) >= 11 is 0. The highest BCUT2D eigenvalue weighted by atomic mass is 32.2. The van der Waals surface area contributed by atoms with Crippen LogP contribution in [0.5, 0.6) is 0 Å². The monoisotopic (exact) mass is 487 g/mol. The number of nitrogens with zero attached hydrogens (tertiary/aromatic N) is 2. The van der Waals surface area contributed by atoms with E-state index in [4.69, 9.17) is 0 Å². The van der Waals surface area contributed by atoms with E-state index in [9.17, 15) is 18.0 Å². The van der Waals surface area contributed by atoms with Gasteiger partial charge in [-0.05, 0) is 81.5 Å². The fourth-order valence-corrected chi connectivity index (χ4v) is 7.56. The lowest BCUT2D eigenvalue weighted by Gasteiger charge is -2.34. The standard InChI is InChI=1S/C26H37N3O4S/c1-17-6-3-4-8-23(17)27-25(30)20-7-5-13-28(16-20)34(32,33)22-11-12-24-21(15-22)14-18(2)29(24)26(31)19-9-10-19/h11-12,15,17-20,23H,3-10,13-14,16H2,1-2H3,(H,27,30). The van der Waals surface area contributed by atoms with Crippen molar-refractivity contribution in [1.29, 1.82) is 0 Å². The predicted molar refractivity (Wildman–Crippen MR) is 131 cm³/mol. The smallest absolute Gasteiger partial charge is 0.243 e. The molecule has 0 radical (unpaired) electrons. The number of amides is 2. The second kappa shape index (κ2) is 9.26. The van der Waals surface area contributed by atoms with Gasteiger partial charge in [0.25, 0.3) is 0 Å². The number of carbonyl (C=O) groups is 2. The van der Waals surface area contributed by atoms with E-state index >= 15 is 0 Å². The zero-order valence-corrected chi connectivity index (χ0v) is 21.1. The summed E-state index contributed by atoms with van der Waals surface area (Å²) < 4.78 is 28.5. The second-order valence-electron chi connectivity index (χ2n) is 10.9. The Morgan fingerprint density at radius 2 is 1.74 bits per heavy atom. The molecule has 2 heterocycles. The van der Waals surface area contributed by atoms with Crippen LogP contribution >= 0.6 is 0 Å². The largest absolute Gasteiger partial charge is 0.353 e. The number of piperidine rings is 1. The minimum Gasteiger partial charge on any atom is -0.353 e. The first-order valence-electron chi connectivity index (χ1n) is 13.0. The summed E-state index contributed by atoms with van der Waals surface area (Å²) in [6, 6.07) is 5.42. The normalized spacial score (nSPS) is 30.1. The van der Waals surface area contributed by atoms with Gasteiger partial charge in [-0.1, -0.05) is 19.8 Å². The summed E-state index contributed by atoms with van der Waals surface area (Å²) in [6.45, 7) is 4.88. The van der Waals surface area contributed by atoms with E-state index in [2.05, 4.69) is 12.2 Å². The Balaban J connectivity index is 1.29. The molecule has 8 heteroatoms. The van der Waals surface area contributed by atoms with E-state index in [0.717, 1.165) is 49.8 Å². The third kappa shape index (κ3) is 4.51. The van der Waals surface area contributed by atoms with Crippen LogP contribution in [0.3, 0.4) is 0 Å². The fraction of sp³-hybridized carbons (Fsp3) is 0.692. The van der Waals surface area contributed by atoms with Gasteiger partial charge in [-0.15, -0.1) is 0 Å². The number of nitrogens with one attached hydrogen (secondary N) is 1. The molecule has 34 heavy (non-hydrogen) atoms. The molecule has 2 saturated carbocycles. The molecule has 1 N–H and O–H groups in total.